The molecular formula is C19H12F17NO3S. The van der Waals surface area contributed by atoms with E-state index in [4.69, 9.17) is 0 Å². The van der Waals surface area contributed by atoms with Crippen LogP contribution >= 0.6 is 11.3 Å². The molecule has 4 nitrogen and oxygen atoms in total. The Labute approximate surface area is 219 Å². The lowest BCUT2D eigenvalue weighted by Gasteiger charge is -2.42. The maximum atomic E-state index is 14.3. The third-order valence-electron chi connectivity index (χ3n) is 5.80. The highest BCUT2D eigenvalue weighted by Crippen LogP contribution is 2.64. The molecule has 41 heavy (non-hydrogen) atoms. The number of carbonyl (C=O) groups is 2. The maximum Gasteiger partial charge on any atom is 0.460 e. The molecule has 1 heterocycles. The number of halogens is 17. The average Bonchev–Trinajstić information content (AvgIpc) is 3.19. The largest absolute Gasteiger partial charge is 0.465 e. The zero-order chi connectivity index (χ0) is 32.4. The summed E-state index contributed by atoms with van der Waals surface area (Å²) in [5, 5.41) is -0.264. The first-order valence-electron chi connectivity index (χ1n) is 10.3. The molecule has 0 fully saturated rings. The summed E-state index contributed by atoms with van der Waals surface area (Å²) in [6.45, 7) is 0. The van der Waals surface area contributed by atoms with E-state index in [0.29, 0.717) is 20.0 Å². The van der Waals surface area contributed by atoms with Gasteiger partial charge in [-0.3, -0.25) is 4.79 Å². The highest BCUT2D eigenvalue weighted by molar-refractivity contribution is 7.17. The molecule has 1 aromatic heterocycles. The van der Waals surface area contributed by atoms with E-state index >= 15 is 0 Å². The number of carbonyl (C=O) groups excluding carboxylic acids is 2. The molecule has 0 bridgehead atoms. The van der Waals surface area contributed by atoms with E-state index in [1.54, 1.807) is 0 Å². The van der Waals surface area contributed by atoms with Crippen LogP contribution in [-0.2, 0) is 22.4 Å². The molecule has 0 saturated carbocycles. The second-order valence-corrected chi connectivity index (χ2v) is 9.48. The molecule has 1 N–H and O–H groups in total. The molecule has 0 spiro atoms. The number of thiophene rings is 1. The van der Waals surface area contributed by atoms with Gasteiger partial charge in [-0.1, -0.05) is 0 Å². The quantitative estimate of drug-likeness (QED) is 0.223. The van der Waals surface area contributed by atoms with Crippen molar-refractivity contribution in [1.29, 1.82) is 0 Å². The SMILES string of the molecule is COC(=O)c1c(NC(=O)C(F)(F)C(F)(F)C(F)(F)C(F)(F)C(F)(F)C(F)(F)C(F)(F)C(F)(F)F)sc2c1CCCC2. The summed E-state index contributed by atoms with van der Waals surface area (Å²) < 4.78 is 233. The lowest BCUT2D eigenvalue weighted by molar-refractivity contribution is -0.459. The van der Waals surface area contributed by atoms with Crippen molar-refractivity contribution in [2.45, 2.75) is 73.3 Å². The summed E-state index contributed by atoms with van der Waals surface area (Å²) in [4.78, 5) is 24.1. The van der Waals surface area contributed by atoms with Gasteiger partial charge in [-0.25, -0.2) is 4.79 Å². The number of fused-ring (bicyclic) bond motifs is 1. The van der Waals surface area contributed by atoms with Gasteiger partial charge in [-0.05, 0) is 31.2 Å². The number of anilines is 1. The van der Waals surface area contributed by atoms with Crippen LogP contribution in [-0.4, -0.2) is 66.6 Å². The van der Waals surface area contributed by atoms with Crippen molar-refractivity contribution in [3.63, 3.8) is 0 Å². The summed E-state index contributed by atoms with van der Waals surface area (Å²) in [7, 11) is 0.713. The molecule has 1 amide bonds. The van der Waals surface area contributed by atoms with Gasteiger partial charge in [0.05, 0.1) is 12.7 Å². The number of aryl methyl sites for hydroxylation is 1. The fraction of sp³-hybridized carbons (Fsp3) is 0.684. The lowest BCUT2D eigenvalue weighted by atomic mass is 9.89. The van der Waals surface area contributed by atoms with Gasteiger partial charge in [0.2, 0.25) is 0 Å². The van der Waals surface area contributed by atoms with Gasteiger partial charge in [-0.15, -0.1) is 11.3 Å². The van der Waals surface area contributed by atoms with Gasteiger partial charge in [0.15, 0.2) is 0 Å². The summed E-state index contributed by atoms with van der Waals surface area (Å²) >= 11 is 0.231. The van der Waals surface area contributed by atoms with E-state index in [1.807, 2.05) is 0 Å². The van der Waals surface area contributed by atoms with Crippen LogP contribution in [0.15, 0.2) is 0 Å². The minimum atomic E-state index is -8.80. The molecule has 0 unspecified atom stereocenters. The zero-order valence-corrected chi connectivity index (χ0v) is 20.2. The Morgan fingerprint density at radius 3 is 1.51 bits per heavy atom. The van der Waals surface area contributed by atoms with Crippen molar-refractivity contribution in [3.8, 4) is 0 Å². The van der Waals surface area contributed by atoms with Gasteiger partial charge in [0.1, 0.15) is 5.00 Å². The molecule has 1 aliphatic carbocycles. The fourth-order valence-corrected chi connectivity index (χ4v) is 4.73. The molecular weight excluding hydrogens is 645 g/mol. The highest BCUT2D eigenvalue weighted by atomic mass is 32.1. The molecule has 0 aromatic carbocycles. The minimum Gasteiger partial charge on any atom is -0.465 e. The number of amides is 1. The van der Waals surface area contributed by atoms with Crippen LogP contribution in [0, 0.1) is 0 Å². The second kappa shape index (κ2) is 10.0. The predicted octanol–water partition coefficient (Wildman–Crippen LogP) is 7.36. The molecule has 0 radical (unpaired) electrons. The van der Waals surface area contributed by atoms with E-state index in [-0.39, 0.29) is 34.6 Å². The Kier molecular flexibility index (Phi) is 8.47. The molecule has 236 valence electrons. The number of methoxy groups -OCH3 is 1. The first kappa shape index (κ1) is 34.7. The van der Waals surface area contributed by atoms with Crippen LogP contribution in [0.5, 0.6) is 0 Å². The number of nitrogens with one attached hydrogen (secondary N) is 1. The van der Waals surface area contributed by atoms with Crippen molar-refractivity contribution < 1.29 is 89.0 Å². The van der Waals surface area contributed by atoms with E-state index in [9.17, 15) is 84.2 Å². The van der Waals surface area contributed by atoms with Crippen LogP contribution in [0.2, 0.25) is 0 Å². The van der Waals surface area contributed by atoms with Gasteiger partial charge >= 0.3 is 59.5 Å². The smallest absolute Gasteiger partial charge is 0.460 e. The summed E-state index contributed by atoms with van der Waals surface area (Å²) in [5.74, 6) is -63.7. The molecule has 22 heteroatoms. The van der Waals surface area contributed by atoms with Gasteiger partial charge in [-0.2, -0.15) is 74.6 Å². The summed E-state index contributed by atoms with van der Waals surface area (Å²) in [6.07, 6.45) is -7.00. The van der Waals surface area contributed by atoms with Gasteiger partial charge in [0.25, 0.3) is 0 Å². The molecule has 0 atom stereocenters. The Bertz CT molecular complexity index is 1190. The van der Waals surface area contributed by atoms with Gasteiger partial charge in [0, 0.05) is 4.88 Å². The maximum absolute atomic E-state index is 14.3. The first-order chi connectivity index (χ1) is 18.1. The number of rotatable bonds is 9. The monoisotopic (exact) mass is 657 g/mol. The van der Waals surface area contributed by atoms with Crippen molar-refractivity contribution in [2.24, 2.45) is 0 Å². The molecule has 2 rings (SSSR count). The number of hydrogen-bond donors (Lipinski definition) is 1. The van der Waals surface area contributed by atoms with Crippen LogP contribution in [0.25, 0.3) is 0 Å². The summed E-state index contributed by atoms with van der Waals surface area (Å²) in [5.41, 5.74) is -0.750. The van der Waals surface area contributed by atoms with Crippen molar-refractivity contribution in [1.82, 2.24) is 0 Å². The minimum absolute atomic E-state index is 0.00877. The zero-order valence-electron chi connectivity index (χ0n) is 19.4. The van der Waals surface area contributed by atoms with E-state index in [2.05, 4.69) is 4.74 Å². The molecule has 1 aromatic rings. The van der Waals surface area contributed by atoms with Crippen LogP contribution < -0.4 is 5.32 Å². The summed E-state index contributed by atoms with van der Waals surface area (Å²) in [6, 6.07) is 0. The topological polar surface area (TPSA) is 55.4 Å². The average molecular weight is 657 g/mol. The van der Waals surface area contributed by atoms with Crippen molar-refractivity contribution >= 4 is 28.2 Å². The molecule has 1 aliphatic rings. The third kappa shape index (κ3) is 4.76. The lowest BCUT2D eigenvalue weighted by Crippen LogP contribution is -2.75. The molecule has 0 aliphatic heterocycles. The van der Waals surface area contributed by atoms with Crippen LogP contribution in [0.1, 0.15) is 33.6 Å². The Morgan fingerprint density at radius 1 is 0.659 bits per heavy atom. The van der Waals surface area contributed by atoms with Crippen LogP contribution in [0.3, 0.4) is 0 Å². The normalized spacial score (nSPS) is 16.3. The Morgan fingerprint density at radius 2 is 1.07 bits per heavy atom. The van der Waals surface area contributed by atoms with E-state index < -0.39 is 70.1 Å². The van der Waals surface area contributed by atoms with Gasteiger partial charge < -0.3 is 10.1 Å². The Hall–Kier alpha value is -2.55. The van der Waals surface area contributed by atoms with Crippen molar-refractivity contribution in [2.75, 3.05) is 12.4 Å². The number of alkyl halides is 17. The number of hydrogen-bond acceptors (Lipinski definition) is 4. The van der Waals surface area contributed by atoms with E-state index in [0.717, 1.165) is 5.32 Å². The predicted molar refractivity (Wildman–Crippen MR) is 102 cm³/mol. The van der Waals surface area contributed by atoms with Crippen molar-refractivity contribution in [3.05, 3.63) is 16.0 Å². The first-order valence-corrected chi connectivity index (χ1v) is 11.2. The number of esters is 1. The third-order valence-corrected chi connectivity index (χ3v) is 7.00. The highest BCUT2D eigenvalue weighted by Gasteiger charge is 2.95. The standard InChI is InChI=1S/C19H12F17NO3S/c1-40-10(38)8-6-4-2-3-5-7(6)41-9(8)37-11(39)12(20,21)13(22,23)14(24,25)15(26,27)16(28,29)17(30,31)18(32,33)19(34,35)36/h2-5H2,1H3,(H,37,39). The van der Waals surface area contributed by atoms with Crippen LogP contribution in [0.4, 0.5) is 79.6 Å². The van der Waals surface area contributed by atoms with E-state index in [1.165, 1.54) is 0 Å². The number of ether oxygens (including phenoxy) is 1. The fourth-order valence-electron chi connectivity index (χ4n) is 3.46. The Balaban J connectivity index is 2.58. The molecule has 0 saturated heterocycles. The second-order valence-electron chi connectivity index (χ2n) is 8.38.